The summed E-state index contributed by atoms with van der Waals surface area (Å²) in [6.07, 6.45) is -4.56. The van der Waals surface area contributed by atoms with Gasteiger partial charge in [-0.25, -0.2) is 0 Å². The number of aliphatic hydroxyl groups is 1. The summed E-state index contributed by atoms with van der Waals surface area (Å²) in [5, 5.41) is 11.2. The Morgan fingerprint density at radius 2 is 1.58 bits per heavy atom. The molecule has 0 aromatic heterocycles. The van der Waals surface area contributed by atoms with Crippen LogP contribution in [-0.4, -0.2) is 31.0 Å². The number of nitrogens with zero attached hydrogens (tertiary/aromatic N) is 1. The zero-order valence-electron chi connectivity index (χ0n) is 19.6. The number of hydrogen-bond acceptors (Lipinski definition) is 5. The number of aryl methyl sites for hydroxylation is 1. The zero-order chi connectivity index (χ0) is 26.2. The molecule has 0 spiro atoms. The molecule has 0 saturated carbocycles. The molecule has 1 atom stereocenters. The van der Waals surface area contributed by atoms with E-state index in [9.17, 15) is 27.9 Å². The lowest BCUT2D eigenvalue weighted by molar-refractivity contribution is -0.137. The molecular weight excluding hydrogens is 475 g/mol. The second-order valence-electron chi connectivity index (χ2n) is 8.20. The molecule has 0 radical (unpaired) electrons. The maximum absolute atomic E-state index is 13.2. The highest BCUT2D eigenvalue weighted by molar-refractivity contribution is 6.51. The summed E-state index contributed by atoms with van der Waals surface area (Å²) < 4.78 is 49.8. The van der Waals surface area contributed by atoms with Crippen LogP contribution in [0.4, 0.5) is 18.9 Å². The molecule has 1 saturated heterocycles. The third-order valence-electron chi connectivity index (χ3n) is 5.93. The van der Waals surface area contributed by atoms with Gasteiger partial charge in [0.1, 0.15) is 5.76 Å². The van der Waals surface area contributed by atoms with E-state index in [1.807, 2.05) is 13.0 Å². The molecule has 3 aromatic rings. The van der Waals surface area contributed by atoms with Crippen molar-refractivity contribution in [2.45, 2.75) is 19.1 Å². The highest BCUT2D eigenvalue weighted by atomic mass is 19.4. The third-order valence-corrected chi connectivity index (χ3v) is 5.93. The first-order valence-corrected chi connectivity index (χ1v) is 10.8. The van der Waals surface area contributed by atoms with E-state index in [0.29, 0.717) is 17.1 Å². The topological polar surface area (TPSA) is 76.1 Å². The average Bonchev–Trinajstić information content (AvgIpc) is 3.13. The number of alkyl halides is 3. The van der Waals surface area contributed by atoms with Crippen LogP contribution in [0.5, 0.6) is 11.5 Å². The van der Waals surface area contributed by atoms with E-state index in [0.717, 1.165) is 34.7 Å². The molecule has 186 valence electrons. The molecule has 1 aliphatic heterocycles. The van der Waals surface area contributed by atoms with Crippen molar-refractivity contribution in [3.8, 4) is 11.5 Å². The molecule has 9 heteroatoms. The van der Waals surface area contributed by atoms with E-state index in [2.05, 4.69) is 0 Å². The minimum atomic E-state index is -4.56. The van der Waals surface area contributed by atoms with Crippen LogP contribution in [0.25, 0.3) is 5.76 Å². The Morgan fingerprint density at radius 3 is 2.17 bits per heavy atom. The minimum absolute atomic E-state index is 0.0861. The van der Waals surface area contributed by atoms with Gasteiger partial charge in [-0.3, -0.25) is 14.5 Å². The van der Waals surface area contributed by atoms with E-state index >= 15 is 0 Å². The van der Waals surface area contributed by atoms with Gasteiger partial charge in [-0.15, -0.1) is 0 Å². The summed E-state index contributed by atoms with van der Waals surface area (Å²) in [6, 6.07) is 14.4. The van der Waals surface area contributed by atoms with Crippen molar-refractivity contribution in [3.63, 3.8) is 0 Å². The van der Waals surface area contributed by atoms with E-state index < -0.39 is 35.2 Å². The lowest BCUT2D eigenvalue weighted by Crippen LogP contribution is -2.29. The lowest BCUT2D eigenvalue weighted by Gasteiger charge is -2.26. The number of rotatable bonds is 5. The number of methoxy groups -OCH3 is 2. The maximum atomic E-state index is 13.2. The van der Waals surface area contributed by atoms with Gasteiger partial charge in [0.15, 0.2) is 11.5 Å². The molecule has 1 N–H and O–H groups in total. The molecular formula is C27H22F3NO5. The van der Waals surface area contributed by atoms with Crippen LogP contribution in [0.3, 0.4) is 0 Å². The van der Waals surface area contributed by atoms with E-state index in [1.54, 1.807) is 24.3 Å². The van der Waals surface area contributed by atoms with E-state index in [-0.39, 0.29) is 16.8 Å². The molecule has 1 heterocycles. The van der Waals surface area contributed by atoms with Crippen molar-refractivity contribution < 1.29 is 37.3 Å². The fraction of sp³-hybridized carbons (Fsp3) is 0.185. The van der Waals surface area contributed by atoms with Gasteiger partial charge < -0.3 is 14.6 Å². The minimum Gasteiger partial charge on any atom is -0.507 e. The quantitative estimate of drug-likeness (QED) is 0.280. The van der Waals surface area contributed by atoms with Crippen LogP contribution in [-0.2, 0) is 15.8 Å². The first kappa shape index (κ1) is 24.8. The summed E-state index contributed by atoms with van der Waals surface area (Å²) in [4.78, 5) is 27.5. The SMILES string of the molecule is COc1ccc(/C(O)=C2/C(=O)C(=O)N(c3ccc(C(F)(F)F)cc3)C2c2cccc(C)c2)cc1OC. The molecule has 0 aliphatic carbocycles. The Labute approximate surface area is 205 Å². The monoisotopic (exact) mass is 497 g/mol. The van der Waals surface area contributed by atoms with E-state index in [1.165, 1.54) is 26.4 Å². The number of Topliss-reactive ketones (excluding diaryl/α,β-unsaturated/α-hetero) is 1. The Bertz CT molecular complexity index is 1360. The number of anilines is 1. The first-order valence-electron chi connectivity index (χ1n) is 10.8. The normalized spacial score (nSPS) is 17.4. The predicted octanol–water partition coefficient (Wildman–Crippen LogP) is 5.66. The van der Waals surface area contributed by atoms with Gasteiger partial charge in [-0.05, 0) is 55.0 Å². The van der Waals surface area contributed by atoms with Crippen LogP contribution in [0.15, 0.2) is 72.3 Å². The van der Waals surface area contributed by atoms with Crippen molar-refractivity contribution in [2.24, 2.45) is 0 Å². The van der Waals surface area contributed by atoms with Gasteiger partial charge in [0, 0.05) is 11.3 Å². The lowest BCUT2D eigenvalue weighted by atomic mass is 9.94. The second kappa shape index (κ2) is 9.41. The third kappa shape index (κ3) is 4.39. The van der Waals surface area contributed by atoms with Crippen molar-refractivity contribution in [1.82, 2.24) is 0 Å². The van der Waals surface area contributed by atoms with Crippen LogP contribution >= 0.6 is 0 Å². The zero-order valence-corrected chi connectivity index (χ0v) is 19.6. The van der Waals surface area contributed by atoms with Crippen molar-refractivity contribution >= 4 is 23.1 Å². The van der Waals surface area contributed by atoms with Crippen molar-refractivity contribution in [3.05, 3.63) is 94.6 Å². The smallest absolute Gasteiger partial charge is 0.416 e. The molecule has 0 bridgehead atoms. The summed E-state index contributed by atoms with van der Waals surface area (Å²) in [5.41, 5.74) is 0.546. The number of carbonyl (C=O) groups excluding carboxylic acids is 2. The molecule has 36 heavy (non-hydrogen) atoms. The Kier molecular flexibility index (Phi) is 6.49. The molecule has 1 amide bonds. The number of ether oxygens (including phenoxy) is 2. The number of aliphatic hydroxyl groups excluding tert-OH is 1. The number of carbonyl (C=O) groups is 2. The van der Waals surface area contributed by atoms with Crippen molar-refractivity contribution in [1.29, 1.82) is 0 Å². The number of amides is 1. The highest BCUT2D eigenvalue weighted by Gasteiger charge is 2.47. The standard InChI is InChI=1S/C27H22F3NO5/c1-15-5-4-6-16(13-15)23-22(24(32)17-7-12-20(35-2)21(14-17)36-3)25(33)26(34)31(23)19-10-8-18(9-11-19)27(28,29)30/h4-14,23,32H,1-3H3/b24-22-. The molecule has 6 nitrogen and oxygen atoms in total. The van der Waals surface area contributed by atoms with Crippen LogP contribution in [0, 0.1) is 6.92 Å². The molecule has 3 aromatic carbocycles. The maximum Gasteiger partial charge on any atom is 0.416 e. The molecule has 1 aliphatic rings. The van der Waals surface area contributed by atoms with Gasteiger partial charge in [-0.1, -0.05) is 29.8 Å². The number of halogens is 3. The van der Waals surface area contributed by atoms with Crippen molar-refractivity contribution in [2.75, 3.05) is 19.1 Å². The fourth-order valence-corrected chi connectivity index (χ4v) is 4.20. The largest absolute Gasteiger partial charge is 0.507 e. The molecule has 4 rings (SSSR count). The molecule has 1 fully saturated rings. The predicted molar refractivity (Wildman–Crippen MR) is 127 cm³/mol. The number of benzene rings is 3. The second-order valence-corrected chi connectivity index (χ2v) is 8.20. The molecule has 1 unspecified atom stereocenters. The number of ketones is 1. The van der Waals surface area contributed by atoms with Crippen LogP contribution in [0.1, 0.15) is 28.3 Å². The van der Waals surface area contributed by atoms with Crippen LogP contribution < -0.4 is 14.4 Å². The van der Waals surface area contributed by atoms with E-state index in [4.69, 9.17) is 9.47 Å². The highest BCUT2D eigenvalue weighted by Crippen LogP contribution is 2.43. The Hall–Kier alpha value is -4.27. The van der Waals surface area contributed by atoms with Crippen LogP contribution in [0.2, 0.25) is 0 Å². The summed E-state index contributed by atoms with van der Waals surface area (Å²) in [5.74, 6) is -1.69. The van der Waals surface area contributed by atoms with Gasteiger partial charge in [0.05, 0.1) is 31.4 Å². The Morgan fingerprint density at radius 1 is 0.917 bits per heavy atom. The Balaban J connectivity index is 1.92. The van der Waals surface area contributed by atoms with Gasteiger partial charge in [0.2, 0.25) is 0 Å². The first-order chi connectivity index (χ1) is 17.1. The average molecular weight is 497 g/mol. The summed E-state index contributed by atoms with van der Waals surface area (Å²) in [6.45, 7) is 1.82. The fourth-order valence-electron chi connectivity index (χ4n) is 4.20. The number of hydrogen-bond donors (Lipinski definition) is 1. The summed E-state index contributed by atoms with van der Waals surface area (Å²) in [7, 11) is 2.86. The van der Waals surface area contributed by atoms with Gasteiger partial charge in [0.25, 0.3) is 11.7 Å². The van der Waals surface area contributed by atoms with Gasteiger partial charge >= 0.3 is 6.18 Å². The summed E-state index contributed by atoms with van der Waals surface area (Å²) >= 11 is 0. The van der Waals surface area contributed by atoms with Gasteiger partial charge in [-0.2, -0.15) is 13.2 Å².